The van der Waals surface area contributed by atoms with Gasteiger partial charge < -0.3 is 0 Å². The zero-order valence-corrected chi connectivity index (χ0v) is 30.2. The highest BCUT2D eigenvalue weighted by Crippen LogP contribution is 2.42. The van der Waals surface area contributed by atoms with Gasteiger partial charge in [-0.25, -0.2) is 0 Å². The lowest BCUT2D eigenvalue weighted by molar-refractivity contribution is 0.672. The minimum Gasteiger partial charge on any atom is -0.136 e. The molecule has 1 aromatic heterocycles. The summed E-state index contributed by atoms with van der Waals surface area (Å²) in [6.07, 6.45) is 14.8. The molecule has 10 rings (SSSR count). The van der Waals surface area contributed by atoms with Gasteiger partial charge in [-0.1, -0.05) is 158 Å². The third-order valence-corrected chi connectivity index (χ3v) is 12.0. The molecule has 7 aromatic rings. The van der Waals surface area contributed by atoms with E-state index in [9.17, 15) is 0 Å². The van der Waals surface area contributed by atoms with Crippen molar-refractivity contribution in [3.8, 4) is 22.3 Å². The Morgan fingerprint density at radius 1 is 0.608 bits per heavy atom. The minimum atomic E-state index is 0.416. The molecule has 51 heavy (non-hydrogen) atoms. The Balaban J connectivity index is 0.000000207. The number of hydrogen-bond acceptors (Lipinski definition) is 1. The molecule has 0 bridgehead atoms. The molecule has 2 atom stereocenters. The van der Waals surface area contributed by atoms with Crippen LogP contribution in [0.3, 0.4) is 0 Å². The van der Waals surface area contributed by atoms with Crippen molar-refractivity contribution in [3.05, 3.63) is 190 Å². The van der Waals surface area contributed by atoms with Crippen LogP contribution in [-0.2, 0) is 6.42 Å². The smallest absolute Gasteiger partial charge is 0.0361 e. The van der Waals surface area contributed by atoms with Gasteiger partial charge >= 0.3 is 0 Å². The molecule has 0 saturated heterocycles. The van der Waals surface area contributed by atoms with Gasteiger partial charge in [-0.05, 0) is 116 Å². The van der Waals surface area contributed by atoms with E-state index in [-0.39, 0.29) is 0 Å². The Morgan fingerprint density at radius 2 is 1.37 bits per heavy atom. The van der Waals surface area contributed by atoms with E-state index in [0.29, 0.717) is 11.8 Å². The van der Waals surface area contributed by atoms with E-state index >= 15 is 0 Å². The SMILES string of the molecule is C=c1sc2cc(-c3ccc(C4=C(C)C=CC5C=CC=CC45)c(C)c3)ccc2c2cccc3cccc1c32.Cc1ccc2c(c1)-c1ccccc1C2. The predicted octanol–water partition coefficient (Wildman–Crippen LogP) is 13.1. The Bertz CT molecular complexity index is 2720. The van der Waals surface area contributed by atoms with Gasteiger partial charge in [0.25, 0.3) is 0 Å². The molecule has 0 aliphatic heterocycles. The highest BCUT2D eigenvalue weighted by molar-refractivity contribution is 7.17. The van der Waals surface area contributed by atoms with E-state index in [4.69, 9.17) is 0 Å². The standard InChI is InChI=1S/C36H28S.C14H12/c1-22-14-15-25-8-4-5-11-31(25)35(22)29-18-16-27(20-23(29)2)28-17-19-32-33-13-7-10-26-9-6-12-30(36(26)33)24(3)37-34(32)21-28;1-10-6-7-12-9-11-4-2-3-5-13(11)14(12)8-10/h4-21,25,31H,3H2,1-2H3;2-8H,9H2,1H3. The molecule has 0 radical (unpaired) electrons. The molecule has 246 valence electrons. The summed E-state index contributed by atoms with van der Waals surface area (Å²) in [7, 11) is 0. The number of benzene rings is 6. The average molecular weight is 673 g/mol. The van der Waals surface area contributed by atoms with Crippen molar-refractivity contribution < 1.29 is 0 Å². The minimum absolute atomic E-state index is 0.416. The average Bonchev–Trinajstić information content (AvgIpc) is 3.47. The fourth-order valence-corrected chi connectivity index (χ4v) is 9.49. The molecule has 0 amide bonds. The second kappa shape index (κ2) is 12.7. The Labute approximate surface area is 304 Å². The first-order chi connectivity index (χ1) is 24.9. The summed E-state index contributed by atoms with van der Waals surface area (Å²) in [5.41, 5.74) is 15.2. The molecule has 6 aromatic carbocycles. The van der Waals surface area contributed by atoms with Gasteiger partial charge in [0.15, 0.2) is 0 Å². The van der Waals surface area contributed by atoms with Gasteiger partial charge in [-0.2, -0.15) is 0 Å². The highest BCUT2D eigenvalue weighted by atomic mass is 32.1. The molecule has 0 fully saturated rings. The summed E-state index contributed by atoms with van der Waals surface area (Å²) in [6.45, 7) is 11.1. The second-order valence-corrected chi connectivity index (χ2v) is 15.4. The van der Waals surface area contributed by atoms with Crippen LogP contribution in [-0.4, -0.2) is 0 Å². The van der Waals surface area contributed by atoms with Crippen molar-refractivity contribution >= 4 is 55.1 Å². The predicted molar refractivity (Wildman–Crippen MR) is 223 cm³/mol. The molecule has 3 aliphatic rings. The summed E-state index contributed by atoms with van der Waals surface area (Å²) in [5.74, 6) is 0.866. The topological polar surface area (TPSA) is 0 Å². The van der Waals surface area contributed by atoms with Crippen molar-refractivity contribution in [1.29, 1.82) is 0 Å². The number of allylic oxidation sites excluding steroid dienone is 8. The van der Waals surface area contributed by atoms with Crippen LogP contribution in [0, 0.1) is 25.7 Å². The molecule has 3 aliphatic carbocycles. The fraction of sp³-hybridized carbons (Fsp3) is 0.120. The molecule has 0 spiro atoms. The molecule has 2 unspecified atom stereocenters. The third-order valence-electron chi connectivity index (χ3n) is 11.0. The van der Waals surface area contributed by atoms with E-state index in [1.165, 1.54) is 92.8 Å². The summed E-state index contributed by atoms with van der Waals surface area (Å²) < 4.78 is 2.38. The lowest BCUT2D eigenvalue weighted by atomic mass is 9.74. The zero-order valence-electron chi connectivity index (χ0n) is 29.4. The van der Waals surface area contributed by atoms with Crippen molar-refractivity contribution in [2.45, 2.75) is 27.2 Å². The van der Waals surface area contributed by atoms with E-state index < -0.39 is 0 Å². The van der Waals surface area contributed by atoms with Gasteiger partial charge in [-0.3, -0.25) is 0 Å². The molecule has 1 heteroatoms. The quantitative estimate of drug-likeness (QED) is 0.171. The summed E-state index contributed by atoms with van der Waals surface area (Å²) in [4.78, 5) is 0. The molecular weight excluding hydrogens is 633 g/mol. The Morgan fingerprint density at radius 3 is 2.24 bits per heavy atom. The first-order valence-corrected chi connectivity index (χ1v) is 18.8. The second-order valence-electron chi connectivity index (χ2n) is 14.3. The van der Waals surface area contributed by atoms with Gasteiger partial charge in [0, 0.05) is 21.1 Å². The van der Waals surface area contributed by atoms with Gasteiger partial charge in [-0.15, -0.1) is 11.3 Å². The van der Waals surface area contributed by atoms with Crippen LogP contribution in [0.15, 0.2) is 157 Å². The van der Waals surface area contributed by atoms with E-state index in [1.807, 2.05) is 0 Å². The first kappa shape index (κ1) is 31.5. The van der Waals surface area contributed by atoms with E-state index in [1.54, 1.807) is 11.3 Å². The molecule has 0 N–H and O–H groups in total. The third kappa shape index (κ3) is 5.54. The maximum absolute atomic E-state index is 4.46. The van der Waals surface area contributed by atoms with E-state index in [2.05, 4.69) is 179 Å². The maximum atomic E-state index is 4.46. The largest absolute Gasteiger partial charge is 0.136 e. The summed E-state index contributed by atoms with van der Waals surface area (Å²) in [5, 5.41) is 6.41. The number of hydrogen-bond donors (Lipinski definition) is 0. The first-order valence-electron chi connectivity index (χ1n) is 18.0. The van der Waals surface area contributed by atoms with Crippen LogP contribution in [0.1, 0.15) is 34.7 Å². The van der Waals surface area contributed by atoms with E-state index in [0.717, 1.165) is 11.0 Å². The van der Waals surface area contributed by atoms with Gasteiger partial charge in [0.2, 0.25) is 0 Å². The lowest BCUT2D eigenvalue weighted by Crippen LogP contribution is -2.17. The normalized spacial score (nSPS) is 17.0. The zero-order chi connectivity index (χ0) is 34.6. The van der Waals surface area contributed by atoms with Crippen molar-refractivity contribution in [1.82, 2.24) is 0 Å². The van der Waals surface area contributed by atoms with Crippen LogP contribution in [0.5, 0.6) is 0 Å². The Kier molecular flexibility index (Phi) is 7.82. The van der Waals surface area contributed by atoms with Crippen molar-refractivity contribution in [2.24, 2.45) is 11.8 Å². The lowest BCUT2D eigenvalue weighted by Gasteiger charge is -2.30. The molecule has 0 nitrogen and oxygen atoms in total. The van der Waals surface area contributed by atoms with Gasteiger partial charge in [0.05, 0.1) is 0 Å². The molecule has 0 saturated carbocycles. The molecule has 1 heterocycles. The van der Waals surface area contributed by atoms with Crippen LogP contribution >= 0.6 is 11.3 Å². The molecular formula is C50H40S. The van der Waals surface area contributed by atoms with Crippen LogP contribution in [0.25, 0.3) is 66.0 Å². The summed E-state index contributed by atoms with van der Waals surface area (Å²) >= 11 is 1.79. The highest BCUT2D eigenvalue weighted by Gasteiger charge is 2.27. The number of aryl methyl sites for hydroxylation is 2. The van der Waals surface area contributed by atoms with Crippen LogP contribution < -0.4 is 4.53 Å². The van der Waals surface area contributed by atoms with Crippen molar-refractivity contribution in [3.63, 3.8) is 0 Å². The summed E-state index contributed by atoms with van der Waals surface area (Å²) in [6, 6.07) is 42.5. The van der Waals surface area contributed by atoms with Gasteiger partial charge in [0.1, 0.15) is 0 Å². The Hall–Kier alpha value is -5.50. The van der Waals surface area contributed by atoms with Crippen LogP contribution in [0.2, 0.25) is 0 Å². The maximum Gasteiger partial charge on any atom is 0.0361 e. The van der Waals surface area contributed by atoms with Crippen LogP contribution in [0.4, 0.5) is 0 Å². The fourth-order valence-electron chi connectivity index (χ4n) is 8.47. The van der Waals surface area contributed by atoms with Crippen molar-refractivity contribution in [2.75, 3.05) is 0 Å². The number of fused-ring (bicyclic) bond motifs is 6. The number of rotatable bonds is 2. The monoisotopic (exact) mass is 672 g/mol.